The fourth-order valence-electron chi connectivity index (χ4n) is 1.07. The minimum absolute atomic E-state index is 0.353. The van der Waals surface area contributed by atoms with E-state index in [0.29, 0.717) is 0 Å². The van der Waals surface area contributed by atoms with Gasteiger partial charge < -0.3 is 9.47 Å². The van der Waals surface area contributed by atoms with Crippen LogP contribution in [0.3, 0.4) is 0 Å². The van der Waals surface area contributed by atoms with Gasteiger partial charge in [-0.2, -0.15) is 0 Å². The average Bonchev–Trinajstić information content (AvgIpc) is 2.15. The zero-order chi connectivity index (χ0) is 10.7. The highest BCUT2D eigenvalue weighted by atomic mass is 79.9. The van der Waals surface area contributed by atoms with Gasteiger partial charge >= 0.3 is 0 Å². The molecule has 0 amide bonds. The lowest BCUT2D eigenvalue weighted by Crippen LogP contribution is -2.04. The standard InChI is InChI=1S/C9H9Br3O2/c1-13-9(14-2)5-3-7(11)8(12)4-6(5)10/h3-4,9H,1-2H3. The van der Waals surface area contributed by atoms with Gasteiger partial charge in [-0.25, -0.2) is 0 Å². The van der Waals surface area contributed by atoms with Crippen molar-refractivity contribution >= 4 is 47.8 Å². The molecule has 0 spiro atoms. The van der Waals surface area contributed by atoms with Crippen LogP contribution in [0.1, 0.15) is 11.9 Å². The van der Waals surface area contributed by atoms with Crippen LogP contribution in [-0.4, -0.2) is 14.2 Å². The number of halogens is 3. The van der Waals surface area contributed by atoms with Crippen LogP contribution in [0.5, 0.6) is 0 Å². The molecule has 0 radical (unpaired) electrons. The third-order valence-electron chi connectivity index (χ3n) is 1.72. The van der Waals surface area contributed by atoms with Crippen molar-refractivity contribution in [2.24, 2.45) is 0 Å². The summed E-state index contributed by atoms with van der Waals surface area (Å²) in [5.74, 6) is 0. The molecular formula is C9H9Br3O2. The van der Waals surface area contributed by atoms with Gasteiger partial charge in [0.25, 0.3) is 0 Å². The molecule has 0 fully saturated rings. The van der Waals surface area contributed by atoms with E-state index in [1.165, 1.54) is 0 Å². The van der Waals surface area contributed by atoms with E-state index in [-0.39, 0.29) is 6.29 Å². The summed E-state index contributed by atoms with van der Waals surface area (Å²) in [6.45, 7) is 0. The highest BCUT2D eigenvalue weighted by molar-refractivity contribution is 9.13. The Morgan fingerprint density at radius 2 is 1.43 bits per heavy atom. The van der Waals surface area contributed by atoms with Gasteiger partial charge in [-0.3, -0.25) is 0 Å². The van der Waals surface area contributed by atoms with Gasteiger partial charge in [-0.15, -0.1) is 0 Å². The molecule has 0 saturated heterocycles. The Balaban J connectivity index is 3.14. The first-order valence-corrected chi connectivity index (χ1v) is 6.18. The molecule has 0 atom stereocenters. The molecule has 0 aliphatic carbocycles. The van der Waals surface area contributed by atoms with E-state index in [1.54, 1.807) is 14.2 Å². The lowest BCUT2D eigenvalue weighted by atomic mass is 10.2. The van der Waals surface area contributed by atoms with Crippen LogP contribution in [0.2, 0.25) is 0 Å². The molecule has 0 bridgehead atoms. The van der Waals surface area contributed by atoms with Crippen molar-refractivity contribution in [1.29, 1.82) is 0 Å². The first kappa shape index (κ1) is 12.6. The van der Waals surface area contributed by atoms with Crippen LogP contribution < -0.4 is 0 Å². The lowest BCUT2D eigenvalue weighted by Gasteiger charge is -2.16. The number of hydrogen-bond donors (Lipinski definition) is 0. The maximum absolute atomic E-state index is 5.17. The summed E-state index contributed by atoms with van der Waals surface area (Å²) < 4.78 is 13.2. The second kappa shape index (κ2) is 5.61. The maximum atomic E-state index is 5.17. The molecular weight excluding hydrogens is 380 g/mol. The van der Waals surface area contributed by atoms with Crippen molar-refractivity contribution in [3.63, 3.8) is 0 Å². The average molecular weight is 389 g/mol. The van der Waals surface area contributed by atoms with Crippen molar-refractivity contribution in [3.8, 4) is 0 Å². The molecule has 14 heavy (non-hydrogen) atoms. The summed E-state index contributed by atoms with van der Waals surface area (Å²) in [6.07, 6.45) is -0.353. The summed E-state index contributed by atoms with van der Waals surface area (Å²) in [6, 6.07) is 3.90. The molecule has 1 rings (SSSR count). The number of benzene rings is 1. The largest absolute Gasteiger partial charge is 0.352 e. The zero-order valence-corrected chi connectivity index (χ0v) is 12.4. The molecule has 78 valence electrons. The van der Waals surface area contributed by atoms with Crippen molar-refractivity contribution in [2.75, 3.05) is 14.2 Å². The second-order valence-electron chi connectivity index (χ2n) is 2.59. The van der Waals surface area contributed by atoms with E-state index in [2.05, 4.69) is 47.8 Å². The molecule has 0 N–H and O–H groups in total. The summed E-state index contributed by atoms with van der Waals surface area (Å²) in [5, 5.41) is 0. The van der Waals surface area contributed by atoms with Gasteiger partial charge in [0.1, 0.15) is 0 Å². The highest BCUT2D eigenvalue weighted by Gasteiger charge is 2.14. The molecule has 0 saturated carbocycles. The van der Waals surface area contributed by atoms with Gasteiger partial charge in [0, 0.05) is 33.2 Å². The third-order valence-corrected chi connectivity index (χ3v) is 4.25. The summed E-state index contributed by atoms with van der Waals surface area (Å²) >= 11 is 10.3. The Bertz CT molecular complexity index is 324. The fourth-order valence-corrected chi connectivity index (χ4v) is 2.61. The van der Waals surface area contributed by atoms with Crippen molar-refractivity contribution in [3.05, 3.63) is 31.1 Å². The van der Waals surface area contributed by atoms with Crippen molar-refractivity contribution in [1.82, 2.24) is 0 Å². The van der Waals surface area contributed by atoms with E-state index in [1.807, 2.05) is 12.1 Å². The fraction of sp³-hybridized carbons (Fsp3) is 0.333. The van der Waals surface area contributed by atoms with Gasteiger partial charge in [-0.1, -0.05) is 15.9 Å². The van der Waals surface area contributed by atoms with Gasteiger partial charge in [0.15, 0.2) is 6.29 Å². The minimum Gasteiger partial charge on any atom is -0.352 e. The molecule has 0 aliphatic heterocycles. The molecule has 0 aromatic heterocycles. The molecule has 0 heterocycles. The van der Waals surface area contributed by atoms with E-state index in [9.17, 15) is 0 Å². The predicted molar refractivity (Wildman–Crippen MR) is 66.3 cm³/mol. The normalized spacial score (nSPS) is 11.0. The predicted octanol–water partition coefficient (Wildman–Crippen LogP) is 4.27. The molecule has 1 aromatic carbocycles. The maximum Gasteiger partial charge on any atom is 0.184 e. The summed E-state index contributed by atoms with van der Waals surface area (Å²) in [7, 11) is 3.22. The quantitative estimate of drug-likeness (QED) is 0.569. The van der Waals surface area contributed by atoms with Crippen LogP contribution in [-0.2, 0) is 9.47 Å². The van der Waals surface area contributed by atoms with Crippen LogP contribution in [0.4, 0.5) is 0 Å². The van der Waals surface area contributed by atoms with E-state index in [4.69, 9.17) is 9.47 Å². The topological polar surface area (TPSA) is 18.5 Å². The molecule has 0 aliphatic rings. The van der Waals surface area contributed by atoms with Crippen molar-refractivity contribution < 1.29 is 9.47 Å². The van der Waals surface area contributed by atoms with Gasteiger partial charge in [0.05, 0.1) is 0 Å². The second-order valence-corrected chi connectivity index (χ2v) is 5.15. The van der Waals surface area contributed by atoms with Crippen LogP contribution in [0.15, 0.2) is 25.6 Å². The number of methoxy groups -OCH3 is 2. The summed E-state index contributed by atoms with van der Waals surface area (Å²) in [4.78, 5) is 0. The third kappa shape index (κ3) is 2.79. The van der Waals surface area contributed by atoms with Crippen LogP contribution in [0.25, 0.3) is 0 Å². The molecule has 0 unspecified atom stereocenters. The Morgan fingerprint density at radius 3 is 1.93 bits per heavy atom. The lowest BCUT2D eigenvalue weighted by molar-refractivity contribution is -0.106. The summed E-state index contributed by atoms with van der Waals surface area (Å²) in [5.41, 5.74) is 0.949. The monoisotopic (exact) mass is 386 g/mol. The van der Waals surface area contributed by atoms with Gasteiger partial charge in [0.2, 0.25) is 0 Å². The molecule has 5 heteroatoms. The SMILES string of the molecule is COC(OC)c1cc(Br)c(Br)cc1Br. The van der Waals surface area contributed by atoms with E-state index < -0.39 is 0 Å². The first-order chi connectivity index (χ1) is 6.60. The number of hydrogen-bond acceptors (Lipinski definition) is 2. The Labute approximate surface area is 108 Å². The molecule has 1 aromatic rings. The van der Waals surface area contributed by atoms with Crippen LogP contribution >= 0.6 is 47.8 Å². The molecule has 2 nitrogen and oxygen atoms in total. The van der Waals surface area contributed by atoms with Gasteiger partial charge in [-0.05, 0) is 44.0 Å². The number of rotatable bonds is 3. The Kier molecular flexibility index (Phi) is 5.06. The van der Waals surface area contributed by atoms with Crippen LogP contribution in [0, 0.1) is 0 Å². The van der Waals surface area contributed by atoms with E-state index in [0.717, 1.165) is 19.0 Å². The van der Waals surface area contributed by atoms with Crippen molar-refractivity contribution in [2.45, 2.75) is 6.29 Å². The minimum atomic E-state index is -0.353. The smallest absolute Gasteiger partial charge is 0.184 e. The first-order valence-electron chi connectivity index (χ1n) is 3.80. The highest BCUT2D eigenvalue weighted by Crippen LogP contribution is 2.34. The Hall–Kier alpha value is 0.580. The zero-order valence-electron chi connectivity index (χ0n) is 7.68. The Morgan fingerprint density at radius 1 is 0.929 bits per heavy atom. The number of ether oxygens (including phenoxy) is 2. The van der Waals surface area contributed by atoms with E-state index >= 15 is 0 Å².